The fraction of sp³-hybridized carbons (Fsp3) is 0.625. The van der Waals surface area contributed by atoms with Crippen molar-refractivity contribution in [3.63, 3.8) is 0 Å². The summed E-state index contributed by atoms with van der Waals surface area (Å²) < 4.78 is 5.27. The Morgan fingerprint density at radius 3 is 2.75 bits per heavy atom. The van der Waals surface area contributed by atoms with Crippen molar-refractivity contribution in [3.05, 3.63) is 11.8 Å². The predicted molar refractivity (Wildman–Crippen MR) is 42.3 cm³/mol. The fourth-order valence-corrected chi connectivity index (χ4v) is 0.764. The summed E-state index contributed by atoms with van der Waals surface area (Å²) in [6.45, 7) is 3.98. The van der Waals surface area contributed by atoms with Crippen LogP contribution in [0, 0.1) is 11.3 Å². The molecule has 1 aromatic heterocycles. The SMILES string of the molecule is CC(C)c1nnc(CCC#N)o1. The summed E-state index contributed by atoms with van der Waals surface area (Å²) >= 11 is 0. The molecule has 1 aromatic rings. The number of aryl methyl sites for hydroxylation is 1. The normalized spacial score (nSPS) is 10.2. The minimum atomic E-state index is 0.258. The molecule has 0 spiro atoms. The first-order chi connectivity index (χ1) is 5.74. The highest BCUT2D eigenvalue weighted by molar-refractivity contribution is 4.89. The molecule has 0 atom stereocenters. The molecule has 0 N–H and O–H groups in total. The third kappa shape index (κ3) is 2.06. The first-order valence-corrected chi connectivity index (χ1v) is 3.93. The van der Waals surface area contributed by atoms with Gasteiger partial charge in [-0.2, -0.15) is 5.26 Å². The summed E-state index contributed by atoms with van der Waals surface area (Å²) in [5, 5.41) is 16.0. The second kappa shape index (κ2) is 3.86. The number of hydrogen-bond donors (Lipinski definition) is 0. The molecule has 0 aliphatic carbocycles. The molecule has 4 nitrogen and oxygen atoms in total. The molecular weight excluding hydrogens is 154 g/mol. The van der Waals surface area contributed by atoms with Gasteiger partial charge in [0, 0.05) is 18.8 Å². The quantitative estimate of drug-likeness (QED) is 0.683. The van der Waals surface area contributed by atoms with Gasteiger partial charge in [0.15, 0.2) is 0 Å². The van der Waals surface area contributed by atoms with Gasteiger partial charge in [0.25, 0.3) is 0 Å². The molecule has 0 saturated heterocycles. The Morgan fingerprint density at radius 2 is 2.25 bits per heavy atom. The lowest BCUT2D eigenvalue weighted by molar-refractivity contribution is 0.433. The van der Waals surface area contributed by atoms with E-state index in [2.05, 4.69) is 10.2 Å². The zero-order valence-corrected chi connectivity index (χ0v) is 7.24. The summed E-state index contributed by atoms with van der Waals surface area (Å²) in [5.41, 5.74) is 0. The van der Waals surface area contributed by atoms with Crippen molar-refractivity contribution in [3.8, 4) is 6.07 Å². The molecule has 0 amide bonds. The molecule has 1 rings (SSSR count). The number of hydrogen-bond acceptors (Lipinski definition) is 4. The van der Waals surface area contributed by atoms with Crippen molar-refractivity contribution in [2.75, 3.05) is 0 Å². The first kappa shape index (κ1) is 8.72. The largest absolute Gasteiger partial charge is 0.425 e. The van der Waals surface area contributed by atoms with Gasteiger partial charge >= 0.3 is 0 Å². The summed E-state index contributed by atoms with van der Waals surface area (Å²) in [4.78, 5) is 0. The zero-order chi connectivity index (χ0) is 8.97. The second-order valence-electron chi connectivity index (χ2n) is 2.85. The van der Waals surface area contributed by atoms with E-state index in [1.807, 2.05) is 19.9 Å². The van der Waals surface area contributed by atoms with Crippen molar-refractivity contribution in [2.24, 2.45) is 0 Å². The van der Waals surface area contributed by atoms with Crippen molar-refractivity contribution in [1.29, 1.82) is 5.26 Å². The maximum absolute atomic E-state index is 8.30. The highest BCUT2D eigenvalue weighted by atomic mass is 16.4. The van der Waals surface area contributed by atoms with Crippen LogP contribution in [0.1, 0.15) is 38.0 Å². The van der Waals surface area contributed by atoms with E-state index < -0.39 is 0 Å². The number of nitriles is 1. The minimum absolute atomic E-state index is 0.258. The smallest absolute Gasteiger partial charge is 0.219 e. The van der Waals surface area contributed by atoms with Gasteiger partial charge in [0.05, 0.1) is 6.07 Å². The van der Waals surface area contributed by atoms with E-state index in [-0.39, 0.29) is 5.92 Å². The van der Waals surface area contributed by atoms with Crippen LogP contribution in [0.4, 0.5) is 0 Å². The average molecular weight is 165 g/mol. The molecule has 0 aliphatic heterocycles. The molecule has 12 heavy (non-hydrogen) atoms. The lowest BCUT2D eigenvalue weighted by atomic mass is 10.2. The lowest BCUT2D eigenvalue weighted by Gasteiger charge is -1.93. The third-order valence-corrected chi connectivity index (χ3v) is 1.43. The Labute approximate surface area is 71.2 Å². The van der Waals surface area contributed by atoms with Gasteiger partial charge in [0.1, 0.15) is 0 Å². The molecule has 0 saturated carbocycles. The second-order valence-corrected chi connectivity index (χ2v) is 2.85. The molecule has 64 valence electrons. The van der Waals surface area contributed by atoms with E-state index in [9.17, 15) is 0 Å². The van der Waals surface area contributed by atoms with E-state index in [4.69, 9.17) is 9.68 Å². The van der Waals surface area contributed by atoms with Crippen LogP contribution in [-0.2, 0) is 6.42 Å². The monoisotopic (exact) mass is 165 g/mol. The maximum atomic E-state index is 8.30. The number of nitrogens with zero attached hydrogens (tertiary/aromatic N) is 3. The van der Waals surface area contributed by atoms with Crippen LogP contribution < -0.4 is 0 Å². The zero-order valence-electron chi connectivity index (χ0n) is 7.24. The van der Waals surface area contributed by atoms with Crippen LogP contribution in [0.15, 0.2) is 4.42 Å². The molecule has 0 aliphatic rings. The van der Waals surface area contributed by atoms with Gasteiger partial charge < -0.3 is 4.42 Å². The summed E-state index contributed by atoms with van der Waals surface area (Å²) in [6, 6.07) is 2.03. The van der Waals surface area contributed by atoms with Gasteiger partial charge in [0.2, 0.25) is 11.8 Å². The van der Waals surface area contributed by atoms with Gasteiger partial charge in [-0.05, 0) is 0 Å². The van der Waals surface area contributed by atoms with Gasteiger partial charge in [-0.25, -0.2) is 0 Å². The first-order valence-electron chi connectivity index (χ1n) is 3.93. The van der Waals surface area contributed by atoms with Crippen molar-refractivity contribution < 1.29 is 4.42 Å². The van der Waals surface area contributed by atoms with E-state index in [0.717, 1.165) is 0 Å². The molecule has 0 bridgehead atoms. The molecule has 0 radical (unpaired) electrons. The van der Waals surface area contributed by atoms with Gasteiger partial charge in [-0.15, -0.1) is 10.2 Å². The molecule has 0 fully saturated rings. The van der Waals surface area contributed by atoms with Gasteiger partial charge in [-0.3, -0.25) is 0 Å². The highest BCUT2D eigenvalue weighted by Gasteiger charge is 2.08. The molecule has 1 heterocycles. The topological polar surface area (TPSA) is 62.7 Å². The Hall–Kier alpha value is -1.37. The Balaban J connectivity index is 2.59. The number of aromatic nitrogens is 2. The standard InChI is InChI=1S/C8H11N3O/c1-6(2)8-11-10-7(12-8)4-3-5-9/h6H,3-4H2,1-2H3. The lowest BCUT2D eigenvalue weighted by Crippen LogP contribution is -1.85. The Bertz CT molecular complexity index is 285. The third-order valence-electron chi connectivity index (χ3n) is 1.43. The fourth-order valence-electron chi connectivity index (χ4n) is 0.764. The Morgan fingerprint density at radius 1 is 1.50 bits per heavy atom. The molecular formula is C8H11N3O. The van der Waals surface area contributed by atoms with Crippen LogP contribution in [-0.4, -0.2) is 10.2 Å². The predicted octanol–water partition coefficient (Wildman–Crippen LogP) is 1.65. The van der Waals surface area contributed by atoms with E-state index >= 15 is 0 Å². The molecule has 0 unspecified atom stereocenters. The molecule has 4 heteroatoms. The van der Waals surface area contributed by atoms with Crippen LogP contribution in [0.25, 0.3) is 0 Å². The minimum Gasteiger partial charge on any atom is -0.425 e. The van der Waals surface area contributed by atoms with E-state index in [1.54, 1.807) is 0 Å². The summed E-state index contributed by atoms with van der Waals surface area (Å²) in [7, 11) is 0. The van der Waals surface area contributed by atoms with Crippen LogP contribution in [0.3, 0.4) is 0 Å². The molecule has 0 aromatic carbocycles. The van der Waals surface area contributed by atoms with Crippen molar-refractivity contribution in [1.82, 2.24) is 10.2 Å². The average Bonchev–Trinajstić information content (AvgIpc) is 2.48. The van der Waals surface area contributed by atoms with Gasteiger partial charge in [-0.1, -0.05) is 13.8 Å². The maximum Gasteiger partial charge on any atom is 0.219 e. The highest BCUT2D eigenvalue weighted by Crippen LogP contribution is 2.12. The van der Waals surface area contributed by atoms with E-state index in [1.165, 1.54) is 0 Å². The summed E-state index contributed by atoms with van der Waals surface area (Å²) in [5.74, 6) is 1.46. The van der Waals surface area contributed by atoms with Crippen LogP contribution >= 0.6 is 0 Å². The van der Waals surface area contributed by atoms with Crippen LogP contribution in [0.2, 0.25) is 0 Å². The Kier molecular flexibility index (Phi) is 2.81. The summed E-state index contributed by atoms with van der Waals surface area (Å²) in [6.07, 6.45) is 0.982. The number of rotatable bonds is 3. The van der Waals surface area contributed by atoms with Crippen molar-refractivity contribution in [2.45, 2.75) is 32.6 Å². The van der Waals surface area contributed by atoms with Crippen molar-refractivity contribution >= 4 is 0 Å². The van der Waals surface area contributed by atoms with E-state index in [0.29, 0.717) is 24.6 Å². The van der Waals surface area contributed by atoms with Crippen LogP contribution in [0.5, 0.6) is 0 Å².